The molecule has 2 unspecified atom stereocenters. The summed E-state index contributed by atoms with van der Waals surface area (Å²) >= 11 is 1.54. The largest absolute Gasteiger partial charge is 0.342 e. The van der Waals surface area contributed by atoms with Gasteiger partial charge in [0.1, 0.15) is 12.1 Å². The predicted octanol–water partition coefficient (Wildman–Crippen LogP) is 1.45. The van der Waals surface area contributed by atoms with Crippen LogP contribution in [0.4, 0.5) is 0 Å². The highest BCUT2D eigenvalue weighted by molar-refractivity contribution is 7.07. The second-order valence-electron chi connectivity index (χ2n) is 6.25. The van der Waals surface area contributed by atoms with Crippen molar-refractivity contribution < 1.29 is 9.59 Å². The first-order chi connectivity index (χ1) is 9.30. The second-order valence-corrected chi connectivity index (χ2v) is 6.96. The lowest BCUT2D eigenvalue weighted by molar-refractivity contribution is -0.151. The van der Waals surface area contributed by atoms with E-state index >= 15 is 0 Å². The minimum atomic E-state index is -0.457. The van der Waals surface area contributed by atoms with E-state index in [1.54, 1.807) is 17.3 Å². The maximum absolute atomic E-state index is 12.6. The van der Waals surface area contributed by atoms with E-state index < -0.39 is 12.1 Å². The maximum atomic E-state index is 12.6. The molecule has 2 amide bonds. The van der Waals surface area contributed by atoms with Crippen LogP contribution in [0.5, 0.6) is 0 Å². The van der Waals surface area contributed by atoms with Crippen LogP contribution in [0.3, 0.4) is 0 Å². The number of rotatable bonds is 3. The minimum absolute atomic E-state index is 0.000158. The Morgan fingerprint density at radius 2 is 2.10 bits per heavy atom. The number of piperazine rings is 1. The van der Waals surface area contributed by atoms with E-state index in [-0.39, 0.29) is 17.2 Å². The highest BCUT2D eigenvalue weighted by Gasteiger charge is 2.43. The fourth-order valence-corrected chi connectivity index (χ4v) is 2.90. The molecule has 1 aromatic heterocycles. The topological polar surface area (TPSA) is 62.3 Å². The molecule has 2 rings (SSSR count). The van der Waals surface area contributed by atoms with Crippen LogP contribution < -0.4 is 5.32 Å². The zero-order valence-electron chi connectivity index (χ0n) is 12.3. The van der Waals surface area contributed by atoms with Gasteiger partial charge in [-0.15, -0.1) is 11.3 Å². The lowest BCUT2D eigenvalue weighted by Crippen LogP contribution is -2.66. The molecule has 0 aromatic carbocycles. The second kappa shape index (κ2) is 5.52. The van der Waals surface area contributed by atoms with Crippen molar-refractivity contribution in [2.45, 2.75) is 46.2 Å². The number of thiazole rings is 1. The fraction of sp³-hybridized carbons (Fsp3) is 0.643. The number of hydrogen-bond acceptors (Lipinski definition) is 4. The van der Waals surface area contributed by atoms with Crippen molar-refractivity contribution in [1.82, 2.24) is 15.2 Å². The van der Waals surface area contributed by atoms with Crippen LogP contribution in [-0.4, -0.2) is 40.3 Å². The van der Waals surface area contributed by atoms with E-state index in [0.29, 0.717) is 13.0 Å². The Kier molecular flexibility index (Phi) is 4.13. The van der Waals surface area contributed by atoms with Gasteiger partial charge in [-0.3, -0.25) is 9.59 Å². The van der Waals surface area contributed by atoms with Crippen LogP contribution in [-0.2, 0) is 16.0 Å². The molecule has 2 heterocycles. The highest BCUT2D eigenvalue weighted by Crippen LogP contribution is 2.25. The maximum Gasteiger partial charge on any atom is 0.246 e. The zero-order valence-corrected chi connectivity index (χ0v) is 13.2. The van der Waals surface area contributed by atoms with E-state index in [2.05, 4.69) is 10.3 Å². The summed E-state index contributed by atoms with van der Waals surface area (Å²) in [5.41, 5.74) is 2.46. The number of carbonyl (C=O) groups is 2. The van der Waals surface area contributed by atoms with Crippen LogP contribution >= 0.6 is 11.3 Å². The Labute approximate surface area is 123 Å². The quantitative estimate of drug-likeness (QED) is 0.918. The molecule has 1 saturated heterocycles. The van der Waals surface area contributed by atoms with Crippen LogP contribution in [0.2, 0.25) is 0 Å². The van der Waals surface area contributed by atoms with Gasteiger partial charge in [0.2, 0.25) is 11.8 Å². The summed E-state index contributed by atoms with van der Waals surface area (Å²) in [6.07, 6.45) is 0.684. The van der Waals surface area contributed by atoms with E-state index in [0.717, 1.165) is 5.69 Å². The Bertz CT molecular complexity index is 493. The molecule has 1 aliphatic heterocycles. The molecule has 1 aromatic rings. The van der Waals surface area contributed by atoms with Crippen LogP contribution in [0, 0.1) is 5.41 Å². The van der Waals surface area contributed by atoms with E-state index in [1.807, 2.05) is 26.2 Å². The minimum Gasteiger partial charge on any atom is -0.342 e. The molecular formula is C14H21N3O2S. The number of carbonyl (C=O) groups excluding carboxylic acids is 2. The van der Waals surface area contributed by atoms with Gasteiger partial charge in [0, 0.05) is 18.3 Å². The first kappa shape index (κ1) is 15.0. The Morgan fingerprint density at radius 1 is 1.40 bits per heavy atom. The molecule has 110 valence electrons. The Hall–Kier alpha value is -1.43. The molecule has 1 fully saturated rings. The summed E-state index contributed by atoms with van der Waals surface area (Å²) in [6, 6.07) is -0.874. The average molecular weight is 295 g/mol. The van der Waals surface area contributed by atoms with Gasteiger partial charge in [0.25, 0.3) is 0 Å². The van der Waals surface area contributed by atoms with Gasteiger partial charge < -0.3 is 10.2 Å². The third-order valence-corrected chi connectivity index (χ3v) is 4.26. The first-order valence-electron chi connectivity index (χ1n) is 6.78. The summed E-state index contributed by atoms with van der Waals surface area (Å²) in [5.74, 6) is -0.0809. The molecule has 1 aliphatic rings. The molecule has 0 radical (unpaired) electrons. The van der Waals surface area contributed by atoms with Gasteiger partial charge in [-0.25, -0.2) is 4.98 Å². The molecule has 0 saturated carbocycles. The van der Waals surface area contributed by atoms with Crippen molar-refractivity contribution in [3.63, 3.8) is 0 Å². The molecule has 20 heavy (non-hydrogen) atoms. The number of amides is 2. The normalized spacial score (nSPS) is 23.9. The summed E-state index contributed by atoms with van der Waals surface area (Å²) in [7, 11) is 0. The van der Waals surface area contributed by atoms with Crippen LogP contribution in [0.1, 0.15) is 33.4 Å². The van der Waals surface area contributed by atoms with Crippen LogP contribution in [0.15, 0.2) is 10.9 Å². The fourth-order valence-electron chi connectivity index (χ4n) is 2.31. The van der Waals surface area contributed by atoms with Crippen molar-refractivity contribution in [2.75, 3.05) is 6.54 Å². The van der Waals surface area contributed by atoms with Gasteiger partial charge in [-0.2, -0.15) is 0 Å². The number of hydrogen-bond donors (Lipinski definition) is 1. The number of aromatic nitrogens is 1. The molecule has 5 nitrogen and oxygen atoms in total. The SMILES string of the molecule is CC1C(=O)NC(C(C)(C)C)C(=O)N1CCc1cscn1. The van der Waals surface area contributed by atoms with Gasteiger partial charge in [0.15, 0.2) is 0 Å². The summed E-state index contributed by atoms with van der Waals surface area (Å²) in [6.45, 7) is 8.19. The molecule has 2 atom stereocenters. The van der Waals surface area contributed by atoms with Crippen molar-refractivity contribution in [3.8, 4) is 0 Å². The lowest BCUT2D eigenvalue weighted by Gasteiger charge is -2.42. The standard InChI is InChI=1S/C14H21N3O2S/c1-9-12(18)16-11(14(2,3)4)13(19)17(9)6-5-10-7-20-8-15-10/h7-9,11H,5-6H2,1-4H3,(H,16,18). The van der Waals surface area contributed by atoms with Crippen molar-refractivity contribution >= 4 is 23.2 Å². The van der Waals surface area contributed by atoms with Crippen molar-refractivity contribution in [1.29, 1.82) is 0 Å². The third kappa shape index (κ3) is 3.00. The van der Waals surface area contributed by atoms with Gasteiger partial charge >= 0.3 is 0 Å². The van der Waals surface area contributed by atoms with Crippen molar-refractivity contribution in [2.24, 2.45) is 5.41 Å². The first-order valence-corrected chi connectivity index (χ1v) is 7.73. The molecule has 0 bridgehead atoms. The highest BCUT2D eigenvalue weighted by atomic mass is 32.1. The van der Waals surface area contributed by atoms with Gasteiger partial charge in [0.05, 0.1) is 11.2 Å². The number of nitrogens with zero attached hydrogens (tertiary/aromatic N) is 2. The Balaban J connectivity index is 2.12. The average Bonchev–Trinajstić information content (AvgIpc) is 2.85. The zero-order chi connectivity index (χ0) is 14.9. The summed E-state index contributed by atoms with van der Waals surface area (Å²) in [5, 5.41) is 4.81. The number of nitrogens with one attached hydrogen (secondary N) is 1. The smallest absolute Gasteiger partial charge is 0.246 e. The molecule has 6 heteroatoms. The predicted molar refractivity (Wildman–Crippen MR) is 78.4 cm³/mol. The summed E-state index contributed by atoms with van der Waals surface area (Å²) < 4.78 is 0. The van der Waals surface area contributed by atoms with E-state index in [1.165, 1.54) is 11.3 Å². The van der Waals surface area contributed by atoms with Crippen molar-refractivity contribution in [3.05, 3.63) is 16.6 Å². The molecular weight excluding hydrogens is 274 g/mol. The van der Waals surface area contributed by atoms with Crippen LogP contribution in [0.25, 0.3) is 0 Å². The molecule has 0 aliphatic carbocycles. The summed E-state index contributed by atoms with van der Waals surface area (Å²) in [4.78, 5) is 30.5. The third-order valence-electron chi connectivity index (χ3n) is 3.62. The van der Waals surface area contributed by atoms with Gasteiger partial charge in [-0.05, 0) is 12.3 Å². The van der Waals surface area contributed by atoms with Gasteiger partial charge in [-0.1, -0.05) is 20.8 Å². The van der Waals surface area contributed by atoms with E-state index in [9.17, 15) is 9.59 Å². The molecule has 1 N–H and O–H groups in total. The Morgan fingerprint density at radius 3 is 2.65 bits per heavy atom. The lowest BCUT2D eigenvalue weighted by atomic mass is 9.84. The molecule has 0 spiro atoms. The monoisotopic (exact) mass is 295 g/mol. The van der Waals surface area contributed by atoms with E-state index in [4.69, 9.17) is 0 Å².